The minimum atomic E-state index is -0.635. The van der Waals surface area contributed by atoms with Crippen molar-refractivity contribution in [2.45, 2.75) is 6.92 Å². The largest absolute Gasteiger partial charge is 0.437 e. The van der Waals surface area contributed by atoms with Gasteiger partial charge in [-0.3, -0.25) is 20.1 Å². The van der Waals surface area contributed by atoms with Crippen LogP contribution < -0.4 is 15.7 Å². The van der Waals surface area contributed by atoms with Gasteiger partial charge in [-0.1, -0.05) is 17.7 Å². The van der Waals surface area contributed by atoms with Crippen LogP contribution >= 0.6 is 11.3 Å². The Bertz CT molecular complexity index is 1250. The summed E-state index contributed by atoms with van der Waals surface area (Å²) in [5.41, 5.74) is 4.58. The van der Waals surface area contributed by atoms with Crippen molar-refractivity contribution in [1.82, 2.24) is 10.3 Å². The molecule has 146 valence electrons. The second-order valence-corrected chi connectivity index (χ2v) is 6.70. The van der Waals surface area contributed by atoms with Gasteiger partial charge in [-0.15, -0.1) is 11.3 Å². The van der Waals surface area contributed by atoms with Crippen molar-refractivity contribution in [1.29, 1.82) is 0 Å². The molecule has 0 aliphatic heterocycles. The normalized spacial score (nSPS) is 11.2. The molecule has 0 fully saturated rings. The minimum Gasteiger partial charge on any atom is -0.400 e. The smallest absolute Gasteiger partial charge is 0.400 e. The Hall–Kier alpha value is -4.06. The summed E-state index contributed by atoms with van der Waals surface area (Å²) in [6.45, 7) is 1.97. The summed E-state index contributed by atoms with van der Waals surface area (Å²) in [4.78, 5) is 26.5. The molecule has 0 amide bonds. The van der Waals surface area contributed by atoms with Crippen LogP contribution in [-0.4, -0.2) is 21.4 Å². The molecule has 4 rings (SSSR count). The van der Waals surface area contributed by atoms with E-state index in [1.807, 2.05) is 31.2 Å². The number of aryl methyl sites for hydroxylation is 1. The molecular formula is C17H13N6O5S+. The van der Waals surface area contributed by atoms with Crippen LogP contribution in [0, 0.1) is 17.0 Å². The Morgan fingerprint density at radius 1 is 1.31 bits per heavy atom. The number of hydrogen-bond acceptors (Lipinski definition) is 9. The first-order valence-electron chi connectivity index (χ1n) is 8.21. The highest BCUT2D eigenvalue weighted by atomic mass is 32.1. The molecule has 0 saturated carbocycles. The van der Waals surface area contributed by atoms with E-state index in [1.54, 1.807) is 5.38 Å². The zero-order valence-corrected chi connectivity index (χ0v) is 15.7. The number of nitrogens with zero attached hydrogens (tertiary/aromatic N) is 4. The fourth-order valence-electron chi connectivity index (χ4n) is 2.46. The fraction of sp³-hybridized carbons (Fsp3) is 0.0588. The Labute approximate surface area is 166 Å². The van der Waals surface area contributed by atoms with Crippen molar-refractivity contribution in [3.8, 4) is 17.1 Å². The van der Waals surface area contributed by atoms with Gasteiger partial charge in [-0.2, -0.15) is 5.10 Å². The van der Waals surface area contributed by atoms with Crippen molar-refractivity contribution in [3.05, 3.63) is 73.6 Å². The summed E-state index contributed by atoms with van der Waals surface area (Å²) in [6, 6.07) is 10.2. The Morgan fingerprint density at radius 2 is 2.10 bits per heavy atom. The summed E-state index contributed by atoms with van der Waals surface area (Å²) in [6.07, 6.45) is 1.28. The van der Waals surface area contributed by atoms with E-state index in [-0.39, 0.29) is 17.3 Å². The van der Waals surface area contributed by atoms with E-state index in [0.29, 0.717) is 10.8 Å². The molecule has 0 aliphatic rings. The molecular weight excluding hydrogens is 400 g/mol. The quantitative estimate of drug-likeness (QED) is 0.214. The van der Waals surface area contributed by atoms with E-state index >= 15 is 0 Å². The molecule has 0 bridgehead atoms. The third-order valence-corrected chi connectivity index (χ3v) is 4.58. The summed E-state index contributed by atoms with van der Waals surface area (Å²) in [5.74, 6) is -0.160. The molecule has 0 atom stereocenters. The maximum absolute atomic E-state index is 12.2. The van der Waals surface area contributed by atoms with Gasteiger partial charge in [0.15, 0.2) is 11.5 Å². The SMILES string of the molecule is Cc1ccc(-[n+]2[nH]oc(=O)c2-c2csc(N/N=C/c3ccc([N+](=O)[O-])o3)n2)cc1. The summed E-state index contributed by atoms with van der Waals surface area (Å²) in [7, 11) is 0. The number of H-pyrrole nitrogens is 1. The molecule has 1 aromatic carbocycles. The molecule has 0 radical (unpaired) electrons. The maximum atomic E-state index is 12.2. The first-order chi connectivity index (χ1) is 14.0. The standard InChI is InChI=1S/C17H12N6O5S/c1-10-2-4-11(5-3-10)22-15(16(24)28-21-22)13-9-29-17(19-13)20-18-8-12-6-7-14(27-12)23(25)26/h2-9H,1H3,(H-,19,20,21,24)/p+1/b18-8+. The van der Waals surface area contributed by atoms with Crippen LogP contribution in [0.3, 0.4) is 0 Å². The first-order valence-corrected chi connectivity index (χ1v) is 9.09. The predicted molar refractivity (Wildman–Crippen MR) is 103 cm³/mol. The molecule has 3 heterocycles. The average Bonchev–Trinajstić information content (AvgIpc) is 3.42. The molecule has 4 aromatic rings. The minimum absolute atomic E-state index is 0.212. The lowest BCUT2D eigenvalue weighted by Gasteiger charge is -1.94. The third-order valence-electron chi connectivity index (χ3n) is 3.83. The van der Waals surface area contributed by atoms with Crippen molar-refractivity contribution in [2.75, 3.05) is 5.43 Å². The molecule has 12 heteroatoms. The number of aromatic nitrogens is 3. The third kappa shape index (κ3) is 3.82. The van der Waals surface area contributed by atoms with Gasteiger partial charge >= 0.3 is 17.2 Å². The second-order valence-electron chi connectivity index (χ2n) is 5.84. The van der Waals surface area contributed by atoms with Crippen LogP contribution in [0.5, 0.6) is 0 Å². The number of furan rings is 1. The van der Waals surface area contributed by atoms with Gasteiger partial charge in [0.2, 0.25) is 10.8 Å². The number of anilines is 1. The van der Waals surface area contributed by atoms with E-state index in [1.165, 1.54) is 34.4 Å². The monoisotopic (exact) mass is 413 g/mol. The number of nitrogens with one attached hydrogen (secondary N) is 2. The Kier molecular flexibility index (Phi) is 4.75. The van der Waals surface area contributed by atoms with Gasteiger partial charge in [0.25, 0.3) is 0 Å². The van der Waals surface area contributed by atoms with Gasteiger partial charge in [-0.25, -0.2) is 9.78 Å². The molecule has 11 nitrogen and oxygen atoms in total. The van der Waals surface area contributed by atoms with Crippen molar-refractivity contribution < 1.29 is 18.5 Å². The van der Waals surface area contributed by atoms with Gasteiger partial charge < -0.3 is 4.42 Å². The Morgan fingerprint density at radius 3 is 2.83 bits per heavy atom. The van der Waals surface area contributed by atoms with E-state index < -0.39 is 10.5 Å². The topological polar surface area (TPSA) is 143 Å². The molecule has 0 aliphatic carbocycles. The van der Waals surface area contributed by atoms with Gasteiger partial charge in [0.05, 0.1) is 12.3 Å². The highest BCUT2D eigenvalue weighted by molar-refractivity contribution is 7.14. The summed E-state index contributed by atoms with van der Waals surface area (Å²) in [5, 5.41) is 19.2. The van der Waals surface area contributed by atoms with Gasteiger partial charge in [0.1, 0.15) is 4.92 Å². The number of benzene rings is 1. The zero-order chi connectivity index (χ0) is 20.4. The van der Waals surface area contributed by atoms with Crippen LogP contribution in [0.15, 0.2) is 60.6 Å². The van der Waals surface area contributed by atoms with Gasteiger partial charge in [-0.05, 0) is 22.9 Å². The highest BCUT2D eigenvalue weighted by Gasteiger charge is 2.27. The van der Waals surface area contributed by atoms with Crippen molar-refractivity contribution in [3.63, 3.8) is 0 Å². The maximum Gasteiger partial charge on any atom is 0.437 e. The average molecular weight is 413 g/mol. The molecule has 3 aromatic heterocycles. The highest BCUT2D eigenvalue weighted by Crippen LogP contribution is 2.22. The number of aromatic amines is 1. The van der Waals surface area contributed by atoms with E-state index in [2.05, 4.69) is 20.8 Å². The lowest BCUT2D eigenvalue weighted by atomic mass is 10.2. The number of hydrazone groups is 1. The summed E-state index contributed by atoms with van der Waals surface area (Å²) >= 11 is 1.23. The van der Waals surface area contributed by atoms with Crippen molar-refractivity contribution in [2.24, 2.45) is 5.10 Å². The molecule has 0 spiro atoms. The van der Waals surface area contributed by atoms with Crippen LogP contribution in [0.1, 0.15) is 11.3 Å². The van der Waals surface area contributed by atoms with Crippen LogP contribution in [0.4, 0.5) is 11.0 Å². The number of thiazole rings is 1. The first kappa shape index (κ1) is 18.3. The number of rotatable bonds is 6. The van der Waals surface area contributed by atoms with E-state index in [0.717, 1.165) is 11.3 Å². The molecule has 2 N–H and O–H groups in total. The lowest BCUT2D eigenvalue weighted by Crippen LogP contribution is -2.36. The van der Waals surface area contributed by atoms with Crippen LogP contribution in [-0.2, 0) is 0 Å². The van der Waals surface area contributed by atoms with Gasteiger partial charge in [0, 0.05) is 17.5 Å². The predicted octanol–water partition coefficient (Wildman–Crippen LogP) is 2.62. The fourth-order valence-corrected chi connectivity index (χ4v) is 3.11. The van der Waals surface area contributed by atoms with Crippen LogP contribution in [0.25, 0.3) is 17.1 Å². The Balaban J connectivity index is 1.54. The summed E-state index contributed by atoms with van der Waals surface area (Å²) < 4.78 is 11.4. The molecule has 29 heavy (non-hydrogen) atoms. The van der Waals surface area contributed by atoms with Crippen molar-refractivity contribution >= 4 is 28.6 Å². The van der Waals surface area contributed by atoms with E-state index in [4.69, 9.17) is 8.94 Å². The van der Waals surface area contributed by atoms with Crippen LogP contribution in [0.2, 0.25) is 0 Å². The lowest BCUT2D eigenvalue weighted by molar-refractivity contribution is -0.660. The van der Waals surface area contributed by atoms with E-state index in [9.17, 15) is 14.9 Å². The molecule has 0 saturated heterocycles. The number of nitro groups is 1. The second kappa shape index (κ2) is 7.52. The number of hydrogen-bond donors (Lipinski definition) is 2. The molecule has 0 unspecified atom stereocenters. The zero-order valence-electron chi connectivity index (χ0n) is 14.9.